The summed E-state index contributed by atoms with van der Waals surface area (Å²) in [5.41, 5.74) is 1.95. The molecule has 2 aromatic carbocycles. The van der Waals surface area contributed by atoms with Crippen LogP contribution >= 0.6 is 11.8 Å². The van der Waals surface area contributed by atoms with Gasteiger partial charge in [-0.1, -0.05) is 12.1 Å². The number of nitrogens with zero attached hydrogens (tertiary/aromatic N) is 2. The molecule has 0 aromatic heterocycles. The molecule has 0 radical (unpaired) electrons. The SMILES string of the molecule is CCN1c2ccccc2SC12C=Cc1cc([N+](=O)[O-])ccc1O2. The first-order valence-corrected chi connectivity index (χ1v) is 8.17. The largest absolute Gasteiger partial charge is 0.454 e. The third-order valence-electron chi connectivity index (χ3n) is 4.04. The van der Waals surface area contributed by atoms with E-state index in [0.29, 0.717) is 5.75 Å². The van der Waals surface area contributed by atoms with E-state index in [4.69, 9.17) is 4.74 Å². The van der Waals surface area contributed by atoms with Crippen LogP contribution in [0.25, 0.3) is 6.08 Å². The van der Waals surface area contributed by atoms with Crippen molar-refractivity contribution in [3.8, 4) is 5.75 Å². The minimum Gasteiger partial charge on any atom is -0.454 e. The Hall–Kier alpha value is -2.47. The molecule has 116 valence electrons. The van der Waals surface area contributed by atoms with Crippen molar-refractivity contribution in [1.29, 1.82) is 0 Å². The van der Waals surface area contributed by atoms with Crippen LogP contribution in [0.2, 0.25) is 0 Å². The van der Waals surface area contributed by atoms with Crippen molar-refractivity contribution < 1.29 is 9.66 Å². The van der Waals surface area contributed by atoms with Gasteiger partial charge in [-0.3, -0.25) is 10.1 Å². The molecular formula is C17H14N2O3S. The van der Waals surface area contributed by atoms with Gasteiger partial charge in [0, 0.05) is 29.1 Å². The van der Waals surface area contributed by atoms with E-state index < -0.39 is 9.98 Å². The van der Waals surface area contributed by atoms with Crippen LogP contribution in [0, 0.1) is 10.1 Å². The molecule has 23 heavy (non-hydrogen) atoms. The molecule has 1 unspecified atom stereocenters. The molecule has 1 spiro atoms. The summed E-state index contributed by atoms with van der Waals surface area (Å²) >= 11 is 1.65. The molecule has 0 saturated carbocycles. The smallest absolute Gasteiger partial charge is 0.270 e. The van der Waals surface area contributed by atoms with Gasteiger partial charge in [0.1, 0.15) is 5.75 Å². The van der Waals surface area contributed by atoms with Crippen LogP contribution in [0.1, 0.15) is 12.5 Å². The molecule has 2 aliphatic rings. The fourth-order valence-electron chi connectivity index (χ4n) is 3.00. The molecule has 6 heteroatoms. The van der Waals surface area contributed by atoms with Crippen LogP contribution in [0.4, 0.5) is 11.4 Å². The summed E-state index contributed by atoms with van der Waals surface area (Å²) < 4.78 is 6.28. The van der Waals surface area contributed by atoms with Gasteiger partial charge in [0.2, 0.25) is 0 Å². The van der Waals surface area contributed by atoms with Crippen molar-refractivity contribution in [2.75, 3.05) is 11.4 Å². The van der Waals surface area contributed by atoms with Crippen LogP contribution in [-0.2, 0) is 0 Å². The lowest BCUT2D eigenvalue weighted by Gasteiger charge is -2.38. The second kappa shape index (κ2) is 5.03. The number of anilines is 1. The van der Waals surface area contributed by atoms with Gasteiger partial charge in [0.05, 0.1) is 10.6 Å². The van der Waals surface area contributed by atoms with Crippen LogP contribution in [-0.4, -0.2) is 16.5 Å². The number of non-ortho nitro benzene ring substituents is 1. The van der Waals surface area contributed by atoms with E-state index in [0.717, 1.165) is 17.8 Å². The van der Waals surface area contributed by atoms with Gasteiger partial charge in [-0.25, -0.2) is 0 Å². The summed E-state index contributed by atoms with van der Waals surface area (Å²) in [7, 11) is 0. The number of nitro benzene ring substituents is 1. The van der Waals surface area contributed by atoms with E-state index in [-0.39, 0.29) is 5.69 Å². The number of hydrogen-bond donors (Lipinski definition) is 0. The number of ether oxygens (including phenoxy) is 1. The first kappa shape index (κ1) is 14.1. The highest BCUT2D eigenvalue weighted by Gasteiger charge is 2.46. The molecule has 4 rings (SSSR count). The summed E-state index contributed by atoms with van der Waals surface area (Å²) in [5.74, 6) is 0.664. The summed E-state index contributed by atoms with van der Waals surface area (Å²) in [4.78, 5) is 13.9. The van der Waals surface area contributed by atoms with Gasteiger partial charge >= 0.3 is 0 Å². The first-order valence-electron chi connectivity index (χ1n) is 7.35. The van der Waals surface area contributed by atoms with Gasteiger partial charge in [-0.05, 0) is 49.0 Å². The van der Waals surface area contributed by atoms with Crippen LogP contribution in [0.5, 0.6) is 5.75 Å². The molecule has 0 N–H and O–H groups in total. The zero-order chi connectivity index (χ0) is 16.0. The monoisotopic (exact) mass is 326 g/mol. The number of benzene rings is 2. The number of rotatable bonds is 2. The first-order chi connectivity index (χ1) is 11.1. The Labute approximate surface area is 137 Å². The number of hydrogen-bond acceptors (Lipinski definition) is 5. The van der Waals surface area contributed by atoms with Crippen molar-refractivity contribution in [3.05, 3.63) is 64.2 Å². The number of thioether (sulfide) groups is 1. The predicted octanol–water partition coefficient (Wildman–Crippen LogP) is 4.29. The van der Waals surface area contributed by atoms with Crippen molar-refractivity contribution in [2.45, 2.75) is 16.9 Å². The van der Waals surface area contributed by atoms with Crippen molar-refractivity contribution in [3.63, 3.8) is 0 Å². The third-order valence-corrected chi connectivity index (χ3v) is 5.34. The maximum Gasteiger partial charge on any atom is 0.270 e. The van der Waals surface area contributed by atoms with Crippen molar-refractivity contribution in [2.24, 2.45) is 0 Å². The van der Waals surface area contributed by atoms with E-state index in [2.05, 4.69) is 24.0 Å². The molecule has 0 amide bonds. The molecule has 0 aliphatic carbocycles. The number of likely N-dealkylation sites (N-methyl/N-ethyl adjacent to an activating group) is 1. The Morgan fingerprint density at radius 3 is 2.91 bits per heavy atom. The van der Waals surface area contributed by atoms with E-state index in [1.54, 1.807) is 23.9 Å². The Morgan fingerprint density at radius 1 is 1.30 bits per heavy atom. The summed E-state index contributed by atoms with van der Waals surface area (Å²) in [6, 6.07) is 12.9. The third kappa shape index (κ3) is 2.09. The molecule has 2 aromatic rings. The molecule has 2 heterocycles. The minimum atomic E-state index is -0.623. The zero-order valence-corrected chi connectivity index (χ0v) is 13.2. The van der Waals surface area contributed by atoms with Crippen molar-refractivity contribution >= 4 is 29.2 Å². The Bertz CT molecular complexity index is 836. The maximum absolute atomic E-state index is 10.9. The van der Waals surface area contributed by atoms with E-state index in [1.165, 1.54) is 11.0 Å². The highest BCUT2D eigenvalue weighted by molar-refractivity contribution is 8.01. The average molecular weight is 326 g/mol. The molecule has 1 atom stereocenters. The normalized spacial score (nSPS) is 21.0. The Morgan fingerprint density at radius 2 is 2.13 bits per heavy atom. The fourth-order valence-corrected chi connectivity index (χ4v) is 4.35. The highest BCUT2D eigenvalue weighted by Crippen LogP contribution is 2.53. The van der Waals surface area contributed by atoms with E-state index in [1.807, 2.05) is 24.3 Å². The number of nitro groups is 1. The lowest BCUT2D eigenvalue weighted by atomic mass is 10.1. The van der Waals surface area contributed by atoms with Gasteiger partial charge in [-0.15, -0.1) is 0 Å². The Balaban J connectivity index is 1.76. The molecule has 0 saturated heterocycles. The standard InChI is InChI=1S/C17H14N2O3S/c1-2-18-14-5-3-4-6-16(14)23-17(18)10-9-12-11-13(19(20)21)7-8-15(12)22-17/h3-11H,2H2,1H3. The maximum atomic E-state index is 10.9. The van der Waals surface area contributed by atoms with Crippen LogP contribution in [0.3, 0.4) is 0 Å². The molecule has 2 aliphatic heterocycles. The zero-order valence-electron chi connectivity index (χ0n) is 12.4. The fraction of sp³-hybridized carbons (Fsp3) is 0.176. The van der Waals surface area contributed by atoms with Crippen LogP contribution in [0.15, 0.2) is 53.4 Å². The molecule has 0 fully saturated rings. The van der Waals surface area contributed by atoms with Crippen LogP contribution < -0.4 is 9.64 Å². The van der Waals surface area contributed by atoms with Gasteiger partial charge in [-0.2, -0.15) is 0 Å². The number of para-hydroxylation sites is 1. The lowest BCUT2D eigenvalue weighted by molar-refractivity contribution is -0.384. The van der Waals surface area contributed by atoms with E-state index in [9.17, 15) is 10.1 Å². The summed E-state index contributed by atoms with van der Waals surface area (Å²) in [6.45, 7) is 2.89. The lowest BCUT2D eigenvalue weighted by Crippen LogP contribution is -2.47. The minimum absolute atomic E-state index is 0.0719. The second-order valence-electron chi connectivity index (χ2n) is 5.36. The summed E-state index contributed by atoms with van der Waals surface area (Å²) in [6.07, 6.45) is 3.89. The molecular weight excluding hydrogens is 312 g/mol. The topological polar surface area (TPSA) is 55.6 Å². The quantitative estimate of drug-likeness (QED) is 0.609. The Kier molecular flexibility index (Phi) is 3.09. The van der Waals surface area contributed by atoms with Gasteiger partial charge in [0.15, 0.2) is 0 Å². The van der Waals surface area contributed by atoms with Gasteiger partial charge in [0.25, 0.3) is 10.7 Å². The second-order valence-corrected chi connectivity index (χ2v) is 6.59. The highest BCUT2D eigenvalue weighted by atomic mass is 32.2. The number of fused-ring (bicyclic) bond motifs is 2. The molecule has 5 nitrogen and oxygen atoms in total. The summed E-state index contributed by atoms with van der Waals surface area (Å²) in [5, 5.41) is 10.3. The average Bonchev–Trinajstić information content (AvgIpc) is 2.86. The van der Waals surface area contributed by atoms with Gasteiger partial charge < -0.3 is 9.64 Å². The predicted molar refractivity (Wildman–Crippen MR) is 90.8 cm³/mol. The van der Waals surface area contributed by atoms with Crippen molar-refractivity contribution in [1.82, 2.24) is 0 Å². The molecule has 0 bridgehead atoms. The van der Waals surface area contributed by atoms with E-state index >= 15 is 0 Å².